The molecule has 1 heteroatoms. The monoisotopic (exact) mass is 400 g/mol. The predicted octanol–water partition coefficient (Wildman–Crippen LogP) is 7.63. The number of fused-ring (bicyclic) bond motifs is 5. The largest absolute Gasteiger partial charge is 0.393 e. The third-order valence-electron chi connectivity index (χ3n) is 11.3. The van der Waals surface area contributed by atoms with Crippen molar-refractivity contribution in [2.24, 2.45) is 52.3 Å². The van der Waals surface area contributed by atoms with E-state index in [0.717, 1.165) is 48.3 Å². The van der Waals surface area contributed by atoms with Crippen LogP contribution >= 0.6 is 0 Å². The second-order valence-electron chi connectivity index (χ2n) is 12.6. The van der Waals surface area contributed by atoms with E-state index in [2.05, 4.69) is 41.2 Å². The minimum absolute atomic E-state index is 0.0169. The highest BCUT2D eigenvalue weighted by Gasteiger charge is 2.60. The molecule has 0 spiro atoms. The summed E-state index contributed by atoms with van der Waals surface area (Å²) in [6, 6.07) is 0. The van der Waals surface area contributed by atoms with Crippen LogP contribution in [0.5, 0.6) is 0 Å². The Kier molecular flexibility index (Phi) is 6.04. The molecule has 0 radical (unpaired) electrons. The topological polar surface area (TPSA) is 20.2 Å². The van der Waals surface area contributed by atoms with Gasteiger partial charge in [0.1, 0.15) is 0 Å². The highest BCUT2D eigenvalue weighted by atomic mass is 16.3. The van der Waals surface area contributed by atoms with E-state index in [4.69, 9.17) is 0 Å². The van der Waals surface area contributed by atoms with Gasteiger partial charge in [0.2, 0.25) is 0 Å². The molecule has 0 aromatic heterocycles. The van der Waals surface area contributed by atoms with E-state index in [9.17, 15) is 5.11 Å². The van der Waals surface area contributed by atoms with Crippen molar-refractivity contribution in [1.29, 1.82) is 0 Å². The van der Waals surface area contributed by atoms with Gasteiger partial charge in [0.05, 0.1) is 6.10 Å². The maximum Gasteiger partial charge on any atom is 0.0543 e. The number of aliphatic hydroxyl groups is 1. The Morgan fingerprint density at radius 3 is 2.34 bits per heavy atom. The van der Waals surface area contributed by atoms with Crippen molar-refractivity contribution in [3.8, 4) is 0 Å². The lowest BCUT2D eigenvalue weighted by Gasteiger charge is -2.61. The third-order valence-corrected chi connectivity index (χ3v) is 11.3. The molecule has 1 unspecified atom stereocenters. The van der Waals surface area contributed by atoms with Crippen LogP contribution in [0.25, 0.3) is 0 Å². The summed E-state index contributed by atoms with van der Waals surface area (Å²) >= 11 is 0. The van der Waals surface area contributed by atoms with Gasteiger partial charge in [0.15, 0.2) is 0 Å². The van der Waals surface area contributed by atoms with E-state index in [-0.39, 0.29) is 6.10 Å². The zero-order chi connectivity index (χ0) is 21.0. The van der Waals surface area contributed by atoms with Crippen molar-refractivity contribution in [3.63, 3.8) is 0 Å². The van der Waals surface area contributed by atoms with Crippen LogP contribution in [0, 0.1) is 52.3 Å². The zero-order valence-corrected chi connectivity index (χ0v) is 20.1. The van der Waals surface area contributed by atoms with Crippen molar-refractivity contribution in [2.45, 2.75) is 111 Å². The van der Waals surface area contributed by atoms with E-state index in [1.807, 2.05) is 0 Å². The fraction of sp³-hybridized carbons (Fsp3) is 0.929. The highest BCUT2D eigenvalue weighted by molar-refractivity contribution is 5.09. The molecule has 4 aliphatic carbocycles. The van der Waals surface area contributed by atoms with Crippen molar-refractivity contribution in [2.75, 3.05) is 0 Å². The Morgan fingerprint density at radius 2 is 1.62 bits per heavy atom. The maximum atomic E-state index is 10.3. The van der Waals surface area contributed by atoms with Gasteiger partial charge in [-0.1, -0.05) is 39.8 Å². The van der Waals surface area contributed by atoms with Gasteiger partial charge in [-0.2, -0.15) is 0 Å². The Balaban J connectivity index is 1.46. The zero-order valence-electron chi connectivity index (χ0n) is 20.1. The smallest absolute Gasteiger partial charge is 0.0543 e. The van der Waals surface area contributed by atoms with Crippen LogP contribution in [0.1, 0.15) is 105 Å². The van der Waals surface area contributed by atoms with Crippen molar-refractivity contribution < 1.29 is 5.11 Å². The lowest BCUT2D eigenvalue weighted by Crippen LogP contribution is -2.54. The predicted molar refractivity (Wildman–Crippen MR) is 124 cm³/mol. The van der Waals surface area contributed by atoms with Crippen molar-refractivity contribution in [1.82, 2.24) is 0 Å². The summed E-state index contributed by atoms with van der Waals surface area (Å²) in [5, 5.41) is 10.3. The average Bonchev–Trinajstić information content (AvgIpc) is 3.03. The first kappa shape index (κ1) is 21.9. The van der Waals surface area contributed by atoms with E-state index in [1.165, 1.54) is 63.4 Å². The molecule has 0 amide bonds. The molecule has 1 N–H and O–H groups in total. The first-order valence-corrected chi connectivity index (χ1v) is 13.0. The van der Waals surface area contributed by atoms with Gasteiger partial charge in [0.25, 0.3) is 0 Å². The second-order valence-corrected chi connectivity index (χ2v) is 12.6. The van der Waals surface area contributed by atoms with Gasteiger partial charge in [-0.3, -0.25) is 0 Å². The number of rotatable bonds is 5. The van der Waals surface area contributed by atoms with E-state index in [0.29, 0.717) is 16.7 Å². The van der Waals surface area contributed by atoms with Gasteiger partial charge in [-0.15, -0.1) is 0 Å². The molecule has 0 bridgehead atoms. The molecule has 10 atom stereocenters. The Bertz CT molecular complexity index is 609. The molecule has 4 aliphatic rings. The second kappa shape index (κ2) is 7.99. The quantitative estimate of drug-likeness (QED) is 0.470. The number of allylic oxidation sites excluding steroid dienone is 1. The Hall–Kier alpha value is -0.300. The molecule has 29 heavy (non-hydrogen) atoms. The first-order valence-electron chi connectivity index (χ1n) is 13.0. The lowest BCUT2D eigenvalue weighted by molar-refractivity contribution is -0.129. The SMILES string of the molecule is C=C(C)C(C)CC[C@@H](C)[C@H]1CC[C@H]2[C@@H]3CC[C@H]4C[C@@H](O)CC[C@]4(C)[C@H]3CC[C@]12C. The summed E-state index contributed by atoms with van der Waals surface area (Å²) in [7, 11) is 0. The van der Waals surface area contributed by atoms with Crippen LogP contribution < -0.4 is 0 Å². The summed E-state index contributed by atoms with van der Waals surface area (Å²) in [6.07, 6.45) is 14.8. The van der Waals surface area contributed by atoms with Crippen LogP contribution in [0.15, 0.2) is 12.2 Å². The molecule has 0 saturated heterocycles. The highest BCUT2D eigenvalue weighted by Crippen LogP contribution is 2.68. The molecular formula is C28H48O. The van der Waals surface area contributed by atoms with Crippen LogP contribution in [0.3, 0.4) is 0 Å². The van der Waals surface area contributed by atoms with Gasteiger partial charge >= 0.3 is 0 Å². The molecular weight excluding hydrogens is 352 g/mol. The summed E-state index contributed by atoms with van der Waals surface area (Å²) < 4.78 is 0. The van der Waals surface area contributed by atoms with Crippen LogP contribution in [0.4, 0.5) is 0 Å². The minimum atomic E-state index is -0.0169. The third kappa shape index (κ3) is 3.66. The van der Waals surface area contributed by atoms with Gasteiger partial charge in [0, 0.05) is 0 Å². The van der Waals surface area contributed by atoms with Gasteiger partial charge in [-0.05, 0) is 130 Å². The van der Waals surface area contributed by atoms with E-state index < -0.39 is 0 Å². The summed E-state index contributed by atoms with van der Waals surface area (Å²) in [4.78, 5) is 0. The Morgan fingerprint density at radius 1 is 0.931 bits per heavy atom. The lowest BCUT2D eigenvalue weighted by atomic mass is 9.44. The number of aliphatic hydroxyl groups excluding tert-OH is 1. The summed E-state index contributed by atoms with van der Waals surface area (Å²) in [5.41, 5.74) is 2.46. The standard InChI is InChI=1S/C28H48O/c1-18(2)19(3)7-8-20(4)24-11-12-25-23-10-9-21-17-22(29)13-15-27(21,5)26(23)14-16-28(24,25)6/h19-26,29H,1,7-17H2,2-6H3/t19?,20-,21+,22+,23+,24-,25+,26+,27+,28-/m1/s1. The van der Waals surface area contributed by atoms with Gasteiger partial charge in [-0.25, -0.2) is 0 Å². The van der Waals surface area contributed by atoms with E-state index >= 15 is 0 Å². The summed E-state index contributed by atoms with van der Waals surface area (Å²) in [6.45, 7) is 16.6. The molecule has 0 heterocycles. The van der Waals surface area contributed by atoms with Crippen LogP contribution in [0.2, 0.25) is 0 Å². The molecule has 4 saturated carbocycles. The van der Waals surface area contributed by atoms with Crippen LogP contribution in [-0.4, -0.2) is 11.2 Å². The van der Waals surface area contributed by atoms with E-state index in [1.54, 1.807) is 0 Å². The molecule has 0 aromatic rings. The number of hydrogen-bond donors (Lipinski definition) is 1. The first-order chi connectivity index (χ1) is 13.7. The number of hydrogen-bond acceptors (Lipinski definition) is 1. The molecule has 4 fully saturated rings. The van der Waals surface area contributed by atoms with Crippen molar-refractivity contribution in [3.05, 3.63) is 12.2 Å². The molecule has 1 nitrogen and oxygen atoms in total. The average molecular weight is 401 g/mol. The molecule has 0 aromatic carbocycles. The fourth-order valence-corrected chi connectivity index (χ4v) is 9.17. The fourth-order valence-electron chi connectivity index (χ4n) is 9.17. The summed E-state index contributed by atoms with van der Waals surface area (Å²) in [5.74, 6) is 6.13. The minimum Gasteiger partial charge on any atom is -0.393 e. The molecule has 4 rings (SSSR count). The Labute approximate surface area is 181 Å². The van der Waals surface area contributed by atoms with Crippen molar-refractivity contribution >= 4 is 0 Å². The van der Waals surface area contributed by atoms with Gasteiger partial charge < -0.3 is 5.11 Å². The molecule has 166 valence electrons. The normalized spacial score (nSPS) is 48.9. The molecule has 0 aliphatic heterocycles. The maximum absolute atomic E-state index is 10.3. The van der Waals surface area contributed by atoms with Crippen LogP contribution in [-0.2, 0) is 0 Å².